The number of nitrogens with zero attached hydrogens (tertiary/aromatic N) is 3. The van der Waals surface area contributed by atoms with Crippen LogP contribution < -0.4 is 15.6 Å². The van der Waals surface area contributed by atoms with Crippen LogP contribution >= 0.6 is 0 Å². The van der Waals surface area contributed by atoms with Gasteiger partial charge in [0.05, 0.1) is 25.7 Å². The summed E-state index contributed by atoms with van der Waals surface area (Å²) in [6, 6.07) is 9.33. The molecule has 0 radical (unpaired) electrons. The van der Waals surface area contributed by atoms with Crippen LogP contribution in [0.3, 0.4) is 0 Å². The predicted molar refractivity (Wildman–Crippen MR) is 141 cm³/mol. The van der Waals surface area contributed by atoms with Crippen molar-refractivity contribution in [2.75, 3.05) is 40.0 Å². The van der Waals surface area contributed by atoms with E-state index in [1.165, 1.54) is 4.57 Å². The second kappa shape index (κ2) is 11.3. The summed E-state index contributed by atoms with van der Waals surface area (Å²) in [5.74, 6) is -0.107. The third-order valence-corrected chi connectivity index (χ3v) is 7.41. The van der Waals surface area contributed by atoms with Gasteiger partial charge < -0.3 is 19.9 Å². The Morgan fingerprint density at radius 2 is 1.84 bits per heavy atom. The second-order valence-electron chi connectivity index (χ2n) is 9.77. The van der Waals surface area contributed by atoms with Crippen LogP contribution in [0.5, 0.6) is 11.5 Å². The maximum Gasteiger partial charge on any atom is 0.268 e. The average Bonchev–Trinajstić information content (AvgIpc) is 2.94. The van der Waals surface area contributed by atoms with Gasteiger partial charge in [-0.3, -0.25) is 19.1 Å². The lowest BCUT2D eigenvalue weighted by atomic mass is 9.95. The van der Waals surface area contributed by atoms with Crippen molar-refractivity contribution in [1.82, 2.24) is 19.8 Å². The highest BCUT2D eigenvalue weighted by Gasteiger charge is 2.26. The first-order valence-corrected chi connectivity index (χ1v) is 13.1. The number of carbonyl (C=O) groups excluding carboxylic acids is 1. The molecule has 9 nitrogen and oxygen atoms in total. The molecule has 1 aliphatic heterocycles. The van der Waals surface area contributed by atoms with Gasteiger partial charge in [-0.05, 0) is 36.6 Å². The minimum Gasteiger partial charge on any atom is -0.506 e. The first-order valence-electron chi connectivity index (χ1n) is 13.1. The maximum atomic E-state index is 13.6. The highest BCUT2D eigenvalue weighted by atomic mass is 16.5. The second-order valence-corrected chi connectivity index (χ2v) is 9.77. The molecule has 196 valence electrons. The molecule has 2 N–H and O–H groups in total. The van der Waals surface area contributed by atoms with Gasteiger partial charge in [-0.2, -0.15) is 0 Å². The van der Waals surface area contributed by atoms with Crippen LogP contribution in [0.1, 0.15) is 42.5 Å². The Labute approximate surface area is 216 Å². The summed E-state index contributed by atoms with van der Waals surface area (Å²) in [7, 11) is 1.61. The van der Waals surface area contributed by atoms with Gasteiger partial charge in [-0.15, -0.1) is 0 Å². The minimum absolute atomic E-state index is 0.0151. The summed E-state index contributed by atoms with van der Waals surface area (Å²) in [5.41, 5.74) is 1.28. The van der Waals surface area contributed by atoms with Crippen molar-refractivity contribution >= 4 is 16.9 Å². The van der Waals surface area contributed by atoms with Crippen LogP contribution in [-0.2, 0) is 11.3 Å². The summed E-state index contributed by atoms with van der Waals surface area (Å²) >= 11 is 0. The number of methoxy groups -OCH3 is 1. The van der Waals surface area contributed by atoms with Crippen LogP contribution in [0.2, 0.25) is 0 Å². The Hall–Kier alpha value is -3.43. The molecule has 3 heterocycles. The van der Waals surface area contributed by atoms with E-state index in [0.29, 0.717) is 37.3 Å². The lowest BCUT2D eigenvalue weighted by Crippen LogP contribution is -2.42. The summed E-state index contributed by atoms with van der Waals surface area (Å²) in [4.78, 5) is 33.8. The van der Waals surface area contributed by atoms with Gasteiger partial charge in [0.25, 0.3) is 11.5 Å². The third-order valence-electron chi connectivity index (χ3n) is 7.41. The number of hydrogen-bond donors (Lipinski definition) is 2. The van der Waals surface area contributed by atoms with Crippen molar-refractivity contribution in [2.24, 2.45) is 0 Å². The topological polar surface area (TPSA) is 106 Å². The quantitative estimate of drug-likeness (QED) is 0.507. The number of ether oxygens (including phenoxy) is 2. The molecule has 2 aromatic heterocycles. The van der Waals surface area contributed by atoms with Crippen molar-refractivity contribution in [2.45, 2.75) is 44.7 Å². The zero-order valence-corrected chi connectivity index (χ0v) is 21.2. The molecule has 1 saturated heterocycles. The molecule has 3 aromatic rings. The Morgan fingerprint density at radius 3 is 2.54 bits per heavy atom. The van der Waals surface area contributed by atoms with E-state index in [-0.39, 0.29) is 17.4 Å². The molecule has 37 heavy (non-hydrogen) atoms. The van der Waals surface area contributed by atoms with E-state index in [2.05, 4.69) is 15.2 Å². The Bertz CT molecular complexity index is 1310. The Balaban J connectivity index is 1.56. The van der Waals surface area contributed by atoms with Crippen LogP contribution in [0.4, 0.5) is 0 Å². The van der Waals surface area contributed by atoms with Gasteiger partial charge in [0, 0.05) is 44.0 Å². The van der Waals surface area contributed by atoms with Crippen molar-refractivity contribution in [3.8, 4) is 22.6 Å². The summed E-state index contributed by atoms with van der Waals surface area (Å²) in [5, 5.41) is 14.6. The van der Waals surface area contributed by atoms with E-state index in [9.17, 15) is 14.7 Å². The SMILES string of the molecule is COc1ccc(-c2cnc3c(c2)c(O)c(C(=O)NC2CCCCC2)c(=O)n3CCN2CCOCC2)cc1. The molecule has 5 rings (SSSR count). The molecule has 2 fully saturated rings. The smallest absolute Gasteiger partial charge is 0.268 e. The zero-order valence-electron chi connectivity index (χ0n) is 21.2. The number of aromatic nitrogens is 2. The lowest BCUT2D eigenvalue weighted by Gasteiger charge is -2.27. The first kappa shape index (κ1) is 25.2. The van der Waals surface area contributed by atoms with E-state index in [0.717, 1.165) is 62.1 Å². The predicted octanol–water partition coefficient (Wildman–Crippen LogP) is 3.17. The molecule has 1 saturated carbocycles. The van der Waals surface area contributed by atoms with E-state index in [4.69, 9.17) is 9.47 Å². The molecule has 1 aromatic carbocycles. The van der Waals surface area contributed by atoms with Gasteiger partial charge in [0.15, 0.2) is 0 Å². The van der Waals surface area contributed by atoms with E-state index < -0.39 is 11.5 Å². The number of aromatic hydroxyl groups is 1. The minimum atomic E-state index is -0.522. The van der Waals surface area contributed by atoms with E-state index in [1.54, 1.807) is 19.4 Å². The molecule has 0 bridgehead atoms. The number of rotatable bonds is 7. The highest BCUT2D eigenvalue weighted by molar-refractivity contribution is 6.02. The fourth-order valence-corrected chi connectivity index (χ4v) is 5.24. The van der Waals surface area contributed by atoms with Crippen LogP contribution in [-0.4, -0.2) is 71.5 Å². The monoisotopic (exact) mass is 506 g/mol. The van der Waals surface area contributed by atoms with Crippen molar-refractivity contribution < 1.29 is 19.4 Å². The summed E-state index contributed by atoms with van der Waals surface area (Å²) in [6.07, 6.45) is 6.71. The maximum absolute atomic E-state index is 13.6. The average molecular weight is 507 g/mol. The standard InChI is InChI=1S/C28H34N4O5/c1-36-22-9-7-19(8-10-22)20-17-23-25(33)24(27(34)30-21-5-3-2-4-6-21)28(35)32(26(23)29-18-20)12-11-31-13-15-37-16-14-31/h7-10,17-18,21,33H,2-6,11-16H2,1H3,(H,30,34). The highest BCUT2D eigenvalue weighted by Crippen LogP contribution is 2.31. The van der Waals surface area contributed by atoms with Crippen molar-refractivity contribution in [3.05, 3.63) is 52.4 Å². The van der Waals surface area contributed by atoms with Gasteiger partial charge >= 0.3 is 0 Å². The number of pyridine rings is 2. The van der Waals surface area contributed by atoms with Crippen LogP contribution in [0.25, 0.3) is 22.2 Å². The van der Waals surface area contributed by atoms with Gasteiger partial charge in [0.1, 0.15) is 22.7 Å². The molecule has 9 heteroatoms. The van der Waals surface area contributed by atoms with E-state index in [1.807, 2.05) is 24.3 Å². The number of hydrogen-bond acceptors (Lipinski definition) is 7. The Kier molecular flexibility index (Phi) is 7.71. The third kappa shape index (κ3) is 5.47. The number of carbonyl (C=O) groups is 1. The Morgan fingerprint density at radius 1 is 1.11 bits per heavy atom. The molecule has 0 spiro atoms. The van der Waals surface area contributed by atoms with E-state index >= 15 is 0 Å². The molecule has 2 aliphatic rings. The molecule has 0 unspecified atom stereocenters. The molecular weight excluding hydrogens is 472 g/mol. The number of morpholine rings is 1. The van der Waals surface area contributed by atoms with Crippen LogP contribution in [0.15, 0.2) is 41.3 Å². The molecule has 1 amide bonds. The van der Waals surface area contributed by atoms with Gasteiger partial charge in [-0.1, -0.05) is 31.4 Å². The normalized spacial score (nSPS) is 17.1. The number of fused-ring (bicyclic) bond motifs is 1. The van der Waals surface area contributed by atoms with Crippen molar-refractivity contribution in [1.29, 1.82) is 0 Å². The number of benzene rings is 1. The molecular formula is C28H34N4O5. The van der Waals surface area contributed by atoms with Crippen molar-refractivity contribution in [3.63, 3.8) is 0 Å². The fourth-order valence-electron chi connectivity index (χ4n) is 5.24. The largest absolute Gasteiger partial charge is 0.506 e. The number of amides is 1. The lowest BCUT2D eigenvalue weighted by molar-refractivity contribution is 0.0364. The molecule has 0 atom stereocenters. The molecule has 1 aliphatic carbocycles. The van der Waals surface area contributed by atoms with Gasteiger partial charge in [-0.25, -0.2) is 4.98 Å². The van der Waals surface area contributed by atoms with Crippen LogP contribution in [0, 0.1) is 0 Å². The fraction of sp³-hybridized carbons (Fsp3) is 0.464. The summed E-state index contributed by atoms with van der Waals surface area (Å²) in [6.45, 7) is 3.86. The van der Waals surface area contributed by atoms with Gasteiger partial charge in [0.2, 0.25) is 0 Å². The summed E-state index contributed by atoms with van der Waals surface area (Å²) < 4.78 is 12.2. The zero-order chi connectivity index (χ0) is 25.8. The first-order chi connectivity index (χ1) is 18.0. The number of nitrogens with one attached hydrogen (secondary N) is 1.